The van der Waals surface area contributed by atoms with Crippen LogP contribution in [-0.4, -0.2) is 30.3 Å². The summed E-state index contributed by atoms with van der Waals surface area (Å²) >= 11 is 1.17. The van der Waals surface area contributed by atoms with Crippen LogP contribution in [-0.2, 0) is 14.8 Å². The van der Waals surface area contributed by atoms with Crippen LogP contribution < -0.4 is 10.5 Å². The van der Waals surface area contributed by atoms with E-state index in [0.29, 0.717) is 22.7 Å². The molecule has 26 heavy (non-hydrogen) atoms. The lowest BCUT2D eigenvalue weighted by Gasteiger charge is -2.17. The minimum atomic E-state index is -3.75. The van der Waals surface area contributed by atoms with Gasteiger partial charge in [-0.2, -0.15) is 0 Å². The summed E-state index contributed by atoms with van der Waals surface area (Å²) in [5.41, 5.74) is 0.483. The van der Waals surface area contributed by atoms with Gasteiger partial charge in [0.25, 0.3) is 5.22 Å². The number of carbonyl (C=O) groups is 1. The number of benzene rings is 1. The Balaban J connectivity index is 1.50. The normalized spacial score (nSPS) is 15.7. The van der Waals surface area contributed by atoms with Crippen molar-refractivity contribution in [3.63, 3.8) is 0 Å². The van der Waals surface area contributed by atoms with Gasteiger partial charge in [0.15, 0.2) is 0 Å². The third-order valence-electron chi connectivity index (χ3n) is 4.17. The first-order valence-electron chi connectivity index (χ1n) is 8.31. The lowest BCUT2D eigenvalue weighted by Crippen LogP contribution is -2.15. The Bertz CT molecular complexity index is 859. The molecular weight excluding hydrogens is 376 g/mol. The number of nitrogens with zero attached hydrogens (tertiary/aromatic N) is 2. The second-order valence-corrected chi connectivity index (χ2v) is 8.64. The molecule has 3 N–H and O–H groups in total. The molecule has 0 atom stereocenters. The topological polar surface area (TPSA) is 128 Å². The number of carbonyl (C=O) groups excluding carboxylic acids is 1. The van der Waals surface area contributed by atoms with Crippen LogP contribution in [0.2, 0.25) is 0 Å². The van der Waals surface area contributed by atoms with Crippen molar-refractivity contribution in [2.45, 2.75) is 48.1 Å². The third kappa shape index (κ3) is 5.05. The Kier molecular flexibility index (Phi) is 5.94. The molecule has 140 valence electrons. The second kappa shape index (κ2) is 8.19. The van der Waals surface area contributed by atoms with E-state index in [9.17, 15) is 13.2 Å². The number of thioether (sulfide) groups is 1. The van der Waals surface area contributed by atoms with Gasteiger partial charge in [0.2, 0.25) is 21.8 Å². The first kappa shape index (κ1) is 18.9. The molecule has 10 heteroatoms. The highest BCUT2D eigenvalue weighted by atomic mass is 32.2. The zero-order chi connectivity index (χ0) is 18.6. The molecule has 1 aliphatic carbocycles. The maximum Gasteiger partial charge on any atom is 0.277 e. The van der Waals surface area contributed by atoms with E-state index in [2.05, 4.69) is 15.5 Å². The van der Waals surface area contributed by atoms with E-state index in [4.69, 9.17) is 9.56 Å². The molecule has 1 aromatic heterocycles. The van der Waals surface area contributed by atoms with E-state index in [1.165, 1.54) is 55.3 Å². The van der Waals surface area contributed by atoms with E-state index < -0.39 is 10.0 Å². The predicted octanol–water partition coefficient (Wildman–Crippen LogP) is 2.50. The van der Waals surface area contributed by atoms with Crippen molar-refractivity contribution in [3.8, 4) is 0 Å². The first-order chi connectivity index (χ1) is 12.4. The van der Waals surface area contributed by atoms with Crippen molar-refractivity contribution in [1.82, 2.24) is 10.2 Å². The van der Waals surface area contributed by atoms with Gasteiger partial charge in [0.1, 0.15) is 0 Å². The Morgan fingerprint density at radius 2 is 1.88 bits per heavy atom. The zero-order valence-electron chi connectivity index (χ0n) is 14.1. The van der Waals surface area contributed by atoms with Crippen molar-refractivity contribution < 1.29 is 17.6 Å². The predicted molar refractivity (Wildman–Crippen MR) is 97.3 cm³/mol. The maximum atomic E-state index is 12.0. The monoisotopic (exact) mass is 396 g/mol. The third-order valence-corrected chi connectivity index (χ3v) is 5.92. The number of nitrogens with one attached hydrogen (secondary N) is 1. The SMILES string of the molecule is NS(=O)(=O)c1ccc(NC(=O)CSc2nnc(C3CCCCC3)o2)cc1. The number of sulfonamides is 1. The van der Waals surface area contributed by atoms with Crippen molar-refractivity contribution in [2.75, 3.05) is 11.1 Å². The van der Waals surface area contributed by atoms with E-state index in [0.717, 1.165) is 12.8 Å². The highest BCUT2D eigenvalue weighted by molar-refractivity contribution is 7.99. The van der Waals surface area contributed by atoms with Gasteiger partial charge >= 0.3 is 0 Å². The van der Waals surface area contributed by atoms with Gasteiger partial charge in [-0.05, 0) is 37.1 Å². The average Bonchev–Trinajstić information content (AvgIpc) is 3.09. The summed E-state index contributed by atoms with van der Waals surface area (Å²) in [5, 5.41) is 16.2. The van der Waals surface area contributed by atoms with Crippen LogP contribution in [0.5, 0.6) is 0 Å². The zero-order valence-corrected chi connectivity index (χ0v) is 15.7. The molecule has 0 spiro atoms. The van der Waals surface area contributed by atoms with Crippen LogP contribution in [0.1, 0.15) is 43.9 Å². The smallest absolute Gasteiger partial charge is 0.277 e. The molecule has 8 nitrogen and oxygen atoms in total. The summed E-state index contributed by atoms with van der Waals surface area (Å²) in [5.74, 6) is 0.849. The Morgan fingerprint density at radius 3 is 2.54 bits per heavy atom. The van der Waals surface area contributed by atoms with E-state index in [-0.39, 0.29) is 16.6 Å². The molecule has 1 fully saturated rings. The van der Waals surface area contributed by atoms with Gasteiger partial charge in [0, 0.05) is 11.6 Å². The summed E-state index contributed by atoms with van der Waals surface area (Å²) in [6.07, 6.45) is 5.76. The first-order valence-corrected chi connectivity index (χ1v) is 10.8. The molecule has 0 aliphatic heterocycles. The van der Waals surface area contributed by atoms with Gasteiger partial charge in [0.05, 0.1) is 10.6 Å². The number of nitrogens with two attached hydrogens (primary N) is 1. The highest BCUT2D eigenvalue weighted by Crippen LogP contribution is 2.32. The molecule has 2 aromatic rings. The molecule has 0 unspecified atom stereocenters. The van der Waals surface area contributed by atoms with Gasteiger partial charge in [-0.1, -0.05) is 31.0 Å². The van der Waals surface area contributed by atoms with Gasteiger partial charge in [-0.3, -0.25) is 4.79 Å². The molecule has 1 saturated carbocycles. The second-order valence-electron chi connectivity index (χ2n) is 6.15. The fourth-order valence-corrected chi connectivity index (χ4v) is 3.93. The van der Waals surface area contributed by atoms with Crippen LogP contribution in [0.25, 0.3) is 0 Å². The van der Waals surface area contributed by atoms with Crippen molar-refractivity contribution in [3.05, 3.63) is 30.2 Å². The number of aromatic nitrogens is 2. The number of hydrogen-bond donors (Lipinski definition) is 2. The molecular formula is C16H20N4O4S2. The average molecular weight is 396 g/mol. The van der Waals surface area contributed by atoms with Gasteiger partial charge in [-0.25, -0.2) is 13.6 Å². The number of hydrogen-bond acceptors (Lipinski definition) is 7. The minimum absolute atomic E-state index is 0.00836. The quantitative estimate of drug-likeness (QED) is 0.718. The molecule has 0 saturated heterocycles. The van der Waals surface area contributed by atoms with Crippen LogP contribution >= 0.6 is 11.8 Å². The van der Waals surface area contributed by atoms with Gasteiger partial charge in [-0.15, -0.1) is 10.2 Å². The van der Waals surface area contributed by atoms with Crippen molar-refractivity contribution >= 4 is 33.4 Å². The summed E-state index contributed by atoms with van der Waals surface area (Å²) < 4.78 is 28.1. The van der Waals surface area contributed by atoms with E-state index >= 15 is 0 Å². The van der Waals surface area contributed by atoms with Crippen molar-refractivity contribution in [2.24, 2.45) is 5.14 Å². The van der Waals surface area contributed by atoms with Crippen LogP contribution in [0.4, 0.5) is 5.69 Å². The molecule has 1 aromatic carbocycles. The molecule has 1 aliphatic rings. The largest absolute Gasteiger partial charge is 0.416 e. The van der Waals surface area contributed by atoms with Gasteiger partial charge < -0.3 is 9.73 Å². The standard InChI is InChI=1S/C16H20N4O4S2/c17-26(22,23)13-8-6-12(7-9-13)18-14(21)10-25-16-20-19-15(24-16)11-4-2-1-3-5-11/h6-9,11H,1-5,10H2,(H,18,21)(H2,17,22,23). The molecule has 1 amide bonds. The summed E-state index contributed by atoms with van der Waals surface area (Å²) in [6, 6.07) is 5.64. The van der Waals surface area contributed by atoms with Crippen LogP contribution in [0, 0.1) is 0 Å². The Morgan fingerprint density at radius 1 is 1.19 bits per heavy atom. The number of primary sulfonamides is 1. The maximum absolute atomic E-state index is 12.0. The fraction of sp³-hybridized carbons (Fsp3) is 0.438. The summed E-state index contributed by atoms with van der Waals surface area (Å²) in [4.78, 5) is 12.0. The Labute approximate surface area is 156 Å². The number of amides is 1. The summed E-state index contributed by atoms with van der Waals surface area (Å²) in [7, 11) is -3.75. The minimum Gasteiger partial charge on any atom is -0.416 e. The van der Waals surface area contributed by atoms with Crippen molar-refractivity contribution in [1.29, 1.82) is 0 Å². The Hall–Kier alpha value is -1.91. The van der Waals surface area contributed by atoms with Crippen LogP contribution in [0.15, 0.2) is 38.8 Å². The lowest BCUT2D eigenvalue weighted by molar-refractivity contribution is -0.113. The molecule has 3 rings (SSSR count). The summed E-state index contributed by atoms with van der Waals surface area (Å²) in [6.45, 7) is 0. The lowest BCUT2D eigenvalue weighted by atomic mass is 9.89. The van der Waals surface area contributed by atoms with E-state index in [1.807, 2.05) is 0 Å². The fourth-order valence-electron chi connectivity index (χ4n) is 2.85. The molecule has 0 radical (unpaired) electrons. The van der Waals surface area contributed by atoms with Crippen LogP contribution in [0.3, 0.4) is 0 Å². The van der Waals surface area contributed by atoms with E-state index in [1.54, 1.807) is 0 Å². The number of anilines is 1. The molecule has 1 heterocycles. The number of rotatable bonds is 6. The highest BCUT2D eigenvalue weighted by Gasteiger charge is 2.21. The molecule has 0 bridgehead atoms.